The highest BCUT2D eigenvalue weighted by atomic mass is 16.4. The third-order valence-electron chi connectivity index (χ3n) is 3.02. The third kappa shape index (κ3) is 5.41. The Balaban J connectivity index is 2.65. The number of hydrazone groups is 1. The van der Waals surface area contributed by atoms with Crippen LogP contribution in [0.2, 0.25) is 0 Å². The first-order chi connectivity index (χ1) is 9.95. The Labute approximate surface area is 123 Å². The first kappa shape index (κ1) is 16.9. The number of carbonyl (C=O) groups is 1. The minimum absolute atomic E-state index is 0.0353. The number of amides is 1. The van der Waals surface area contributed by atoms with E-state index in [4.69, 9.17) is 4.42 Å². The van der Waals surface area contributed by atoms with Gasteiger partial charge in [-0.15, -0.1) is 0 Å². The minimum Gasteiger partial charge on any atom is -0.507 e. The van der Waals surface area contributed by atoms with E-state index in [1.807, 2.05) is 0 Å². The van der Waals surface area contributed by atoms with Crippen LogP contribution >= 0.6 is 0 Å². The summed E-state index contributed by atoms with van der Waals surface area (Å²) >= 11 is 0. The number of carbonyl (C=O) groups excluding carboxylic acids is 1. The standard InChI is InChI=1S/C15H22N2O4/c1-4-5-6-7-8-13(19)17-16-11(3)14-12(18)9-10(2)21-15(14)20/h9,18H,4-8H2,1-3H3,(H,17,19)/b16-11-. The van der Waals surface area contributed by atoms with E-state index in [1.165, 1.54) is 13.0 Å². The van der Waals surface area contributed by atoms with E-state index in [-0.39, 0.29) is 22.9 Å². The van der Waals surface area contributed by atoms with E-state index in [0.717, 1.165) is 25.7 Å². The molecule has 0 aliphatic heterocycles. The van der Waals surface area contributed by atoms with Gasteiger partial charge in [-0.3, -0.25) is 4.79 Å². The van der Waals surface area contributed by atoms with E-state index >= 15 is 0 Å². The Bertz CT molecular complexity index is 576. The van der Waals surface area contributed by atoms with E-state index < -0.39 is 5.63 Å². The molecule has 6 nitrogen and oxygen atoms in total. The Kier molecular flexibility index (Phi) is 6.65. The van der Waals surface area contributed by atoms with E-state index in [2.05, 4.69) is 17.5 Å². The average Bonchev–Trinajstić information content (AvgIpc) is 2.40. The summed E-state index contributed by atoms with van der Waals surface area (Å²) in [6, 6.07) is 1.34. The van der Waals surface area contributed by atoms with Gasteiger partial charge in [-0.05, 0) is 20.3 Å². The molecule has 1 aromatic heterocycles. The molecule has 0 bridgehead atoms. The van der Waals surface area contributed by atoms with Crippen LogP contribution in [0.4, 0.5) is 0 Å². The summed E-state index contributed by atoms with van der Waals surface area (Å²) in [6.45, 7) is 5.20. The molecule has 0 saturated heterocycles. The maximum atomic E-state index is 11.7. The second kappa shape index (κ2) is 8.24. The zero-order valence-electron chi connectivity index (χ0n) is 12.7. The summed E-state index contributed by atoms with van der Waals surface area (Å²) < 4.78 is 4.90. The second-order valence-corrected chi connectivity index (χ2v) is 4.95. The summed E-state index contributed by atoms with van der Waals surface area (Å²) in [5.41, 5.74) is 1.89. The largest absolute Gasteiger partial charge is 0.507 e. The maximum Gasteiger partial charge on any atom is 0.348 e. The van der Waals surface area contributed by atoms with Gasteiger partial charge in [0.05, 0.1) is 5.71 Å². The molecule has 0 fully saturated rings. The highest BCUT2D eigenvalue weighted by Crippen LogP contribution is 2.15. The number of nitrogens with one attached hydrogen (secondary N) is 1. The van der Waals surface area contributed by atoms with Crippen LogP contribution in [-0.2, 0) is 4.79 Å². The maximum absolute atomic E-state index is 11.7. The van der Waals surface area contributed by atoms with Gasteiger partial charge in [0.15, 0.2) is 0 Å². The topological polar surface area (TPSA) is 91.9 Å². The molecule has 21 heavy (non-hydrogen) atoms. The fourth-order valence-corrected chi connectivity index (χ4v) is 1.90. The lowest BCUT2D eigenvalue weighted by atomic mass is 10.1. The van der Waals surface area contributed by atoms with Crippen molar-refractivity contribution in [2.75, 3.05) is 0 Å². The fraction of sp³-hybridized carbons (Fsp3) is 0.533. The van der Waals surface area contributed by atoms with Gasteiger partial charge in [0.25, 0.3) is 0 Å². The molecule has 0 radical (unpaired) electrons. The lowest BCUT2D eigenvalue weighted by Gasteiger charge is -2.04. The van der Waals surface area contributed by atoms with Crippen LogP contribution in [0.25, 0.3) is 0 Å². The predicted octanol–water partition coefficient (Wildman–Crippen LogP) is 2.46. The molecular weight excluding hydrogens is 272 g/mol. The number of rotatable bonds is 7. The van der Waals surface area contributed by atoms with Gasteiger partial charge in [-0.1, -0.05) is 26.2 Å². The molecule has 6 heteroatoms. The van der Waals surface area contributed by atoms with E-state index in [0.29, 0.717) is 12.2 Å². The highest BCUT2D eigenvalue weighted by Gasteiger charge is 2.13. The van der Waals surface area contributed by atoms with Gasteiger partial charge in [-0.2, -0.15) is 5.10 Å². The van der Waals surface area contributed by atoms with Crippen LogP contribution in [0, 0.1) is 6.92 Å². The molecule has 0 aliphatic carbocycles. The zero-order valence-corrected chi connectivity index (χ0v) is 12.7. The molecule has 116 valence electrons. The number of aryl methyl sites for hydroxylation is 1. The number of hydrogen-bond donors (Lipinski definition) is 2. The minimum atomic E-state index is -0.675. The van der Waals surface area contributed by atoms with Gasteiger partial charge in [0, 0.05) is 12.5 Å². The van der Waals surface area contributed by atoms with Crippen LogP contribution in [0.5, 0.6) is 5.75 Å². The van der Waals surface area contributed by atoms with Crippen molar-refractivity contribution in [3.05, 3.63) is 27.8 Å². The molecule has 1 rings (SSSR count). The Morgan fingerprint density at radius 2 is 2.10 bits per heavy atom. The first-order valence-corrected chi connectivity index (χ1v) is 7.13. The van der Waals surface area contributed by atoms with E-state index in [9.17, 15) is 14.7 Å². The number of aromatic hydroxyl groups is 1. The van der Waals surface area contributed by atoms with Crippen molar-refractivity contribution in [1.82, 2.24) is 5.43 Å². The molecule has 0 unspecified atom stereocenters. The predicted molar refractivity (Wildman–Crippen MR) is 80.5 cm³/mol. The van der Waals surface area contributed by atoms with Crippen molar-refractivity contribution in [3.63, 3.8) is 0 Å². The van der Waals surface area contributed by atoms with Crippen LogP contribution < -0.4 is 11.1 Å². The van der Waals surface area contributed by atoms with Crippen LogP contribution in [0.15, 0.2) is 20.4 Å². The Morgan fingerprint density at radius 3 is 2.71 bits per heavy atom. The third-order valence-corrected chi connectivity index (χ3v) is 3.02. The van der Waals surface area contributed by atoms with Crippen molar-refractivity contribution in [3.8, 4) is 5.75 Å². The molecule has 0 saturated carbocycles. The summed E-state index contributed by atoms with van der Waals surface area (Å²) in [5, 5.41) is 13.6. The summed E-state index contributed by atoms with van der Waals surface area (Å²) in [7, 11) is 0. The quantitative estimate of drug-likeness (QED) is 0.459. The van der Waals surface area contributed by atoms with Crippen LogP contribution in [-0.4, -0.2) is 16.7 Å². The molecule has 0 aliphatic rings. The van der Waals surface area contributed by atoms with Gasteiger partial charge in [0.2, 0.25) is 5.91 Å². The van der Waals surface area contributed by atoms with Crippen molar-refractivity contribution < 1.29 is 14.3 Å². The van der Waals surface area contributed by atoms with Crippen molar-refractivity contribution in [2.24, 2.45) is 5.10 Å². The zero-order chi connectivity index (χ0) is 15.8. The highest BCUT2D eigenvalue weighted by molar-refractivity contribution is 6.01. The van der Waals surface area contributed by atoms with Gasteiger partial charge >= 0.3 is 5.63 Å². The number of hydrogen-bond acceptors (Lipinski definition) is 5. The van der Waals surface area contributed by atoms with Crippen molar-refractivity contribution in [2.45, 2.75) is 52.9 Å². The second-order valence-electron chi connectivity index (χ2n) is 4.95. The van der Waals surface area contributed by atoms with Crippen molar-refractivity contribution >= 4 is 11.6 Å². The molecule has 1 aromatic rings. The van der Waals surface area contributed by atoms with Crippen molar-refractivity contribution in [1.29, 1.82) is 0 Å². The first-order valence-electron chi connectivity index (χ1n) is 7.13. The Morgan fingerprint density at radius 1 is 1.38 bits per heavy atom. The SMILES string of the molecule is CCCCCCC(=O)N/N=C(/C)c1c(O)cc(C)oc1=O. The molecule has 0 spiro atoms. The smallest absolute Gasteiger partial charge is 0.348 e. The number of unbranched alkanes of at least 4 members (excludes halogenated alkanes) is 3. The van der Waals surface area contributed by atoms with E-state index in [1.54, 1.807) is 6.92 Å². The van der Waals surface area contributed by atoms with Crippen LogP contribution in [0.3, 0.4) is 0 Å². The van der Waals surface area contributed by atoms with Gasteiger partial charge in [0.1, 0.15) is 17.1 Å². The van der Waals surface area contributed by atoms with Gasteiger partial charge < -0.3 is 9.52 Å². The Hall–Kier alpha value is -2.11. The molecular formula is C15H22N2O4. The lowest BCUT2D eigenvalue weighted by molar-refractivity contribution is -0.121. The van der Waals surface area contributed by atoms with Crippen LogP contribution in [0.1, 0.15) is 57.3 Å². The van der Waals surface area contributed by atoms with Gasteiger partial charge in [-0.25, -0.2) is 10.2 Å². The molecule has 0 aromatic carbocycles. The molecule has 0 atom stereocenters. The summed E-state index contributed by atoms with van der Waals surface area (Å²) in [6.07, 6.45) is 4.43. The lowest BCUT2D eigenvalue weighted by Crippen LogP contribution is -2.21. The fourth-order valence-electron chi connectivity index (χ4n) is 1.90. The number of nitrogens with zero attached hydrogens (tertiary/aromatic N) is 1. The summed E-state index contributed by atoms with van der Waals surface area (Å²) in [5.74, 6) is -0.0994. The molecule has 1 amide bonds. The monoisotopic (exact) mass is 294 g/mol. The normalized spacial score (nSPS) is 11.5. The molecule has 1 heterocycles. The summed E-state index contributed by atoms with van der Waals surface area (Å²) in [4.78, 5) is 23.3. The molecule has 2 N–H and O–H groups in total. The average molecular weight is 294 g/mol.